The van der Waals surface area contributed by atoms with E-state index in [1.54, 1.807) is 12.1 Å². The SMILES string of the molecule is NC(=O)c1cccc2c1c1[c]cc(-c3ccc(Cl)cc3Cl)cc1n2Cc1ccc(Oc2ccccc2)cc1. The quantitative estimate of drug-likeness (QED) is 0.232. The lowest BCUT2D eigenvalue weighted by molar-refractivity contribution is 0.100. The normalized spacial score (nSPS) is 11.2. The summed E-state index contributed by atoms with van der Waals surface area (Å²) in [4.78, 5) is 12.3. The summed E-state index contributed by atoms with van der Waals surface area (Å²) in [5.41, 5.74) is 10.9. The van der Waals surface area contributed by atoms with Crippen LogP contribution in [0.3, 0.4) is 0 Å². The molecular formula is C32H21Cl2N2O2. The number of benzene rings is 5. The van der Waals surface area contributed by atoms with E-state index in [1.807, 2.05) is 84.9 Å². The minimum atomic E-state index is -0.477. The molecule has 0 fully saturated rings. The average molecular weight is 536 g/mol. The Balaban J connectivity index is 1.46. The number of halogens is 2. The largest absolute Gasteiger partial charge is 0.457 e. The third-order valence-corrected chi connectivity index (χ3v) is 7.09. The highest BCUT2D eigenvalue weighted by Crippen LogP contribution is 2.37. The Morgan fingerprint density at radius 2 is 1.61 bits per heavy atom. The lowest BCUT2D eigenvalue weighted by Gasteiger charge is -2.11. The van der Waals surface area contributed by atoms with Crippen LogP contribution in [0, 0.1) is 6.07 Å². The minimum Gasteiger partial charge on any atom is -0.457 e. The summed E-state index contributed by atoms with van der Waals surface area (Å²) in [6, 6.07) is 36.0. The third-order valence-electron chi connectivity index (χ3n) is 6.54. The van der Waals surface area contributed by atoms with Gasteiger partial charge >= 0.3 is 0 Å². The van der Waals surface area contributed by atoms with Gasteiger partial charge in [0.2, 0.25) is 5.91 Å². The van der Waals surface area contributed by atoms with Gasteiger partial charge in [-0.05, 0) is 77.9 Å². The van der Waals surface area contributed by atoms with Crippen molar-refractivity contribution in [1.82, 2.24) is 4.57 Å². The molecule has 0 spiro atoms. The van der Waals surface area contributed by atoms with Crippen molar-refractivity contribution < 1.29 is 9.53 Å². The molecule has 0 aliphatic carbocycles. The van der Waals surface area contributed by atoms with Crippen molar-refractivity contribution in [1.29, 1.82) is 0 Å². The number of primary amides is 1. The first-order valence-corrected chi connectivity index (χ1v) is 12.8. The smallest absolute Gasteiger partial charge is 0.249 e. The standard InChI is InChI=1S/C32H21Cl2N2O2/c33-22-12-16-25(28(34)18-22)21-11-15-26-30(17-21)36(29-8-4-7-27(31(26)29)32(35)37)19-20-9-13-24(14-10-20)38-23-5-2-1-3-6-23/h1-14,16-18H,19H2,(H2,35,37). The number of nitrogens with zero attached hydrogens (tertiary/aromatic N) is 1. The predicted molar refractivity (Wildman–Crippen MR) is 154 cm³/mol. The van der Waals surface area contributed by atoms with Crippen molar-refractivity contribution >= 4 is 50.9 Å². The lowest BCUT2D eigenvalue weighted by atomic mass is 10.0. The highest BCUT2D eigenvalue weighted by atomic mass is 35.5. The second-order valence-electron chi connectivity index (χ2n) is 8.98. The molecule has 0 unspecified atom stereocenters. The van der Waals surface area contributed by atoms with Gasteiger partial charge in [-0.3, -0.25) is 4.79 Å². The zero-order valence-electron chi connectivity index (χ0n) is 20.1. The van der Waals surface area contributed by atoms with E-state index in [0.29, 0.717) is 22.2 Å². The number of hydrogen-bond donors (Lipinski definition) is 1. The summed E-state index contributed by atoms with van der Waals surface area (Å²) in [6.45, 7) is 0.569. The van der Waals surface area contributed by atoms with Crippen LogP contribution in [0.5, 0.6) is 11.5 Å². The van der Waals surface area contributed by atoms with Crippen LogP contribution in [0.2, 0.25) is 10.0 Å². The van der Waals surface area contributed by atoms with Crippen molar-refractivity contribution in [2.24, 2.45) is 5.73 Å². The molecule has 0 saturated heterocycles. The van der Waals surface area contributed by atoms with Gasteiger partial charge in [-0.25, -0.2) is 0 Å². The summed E-state index contributed by atoms with van der Waals surface area (Å²) in [6.07, 6.45) is 0. The number of rotatable bonds is 6. The Morgan fingerprint density at radius 1 is 0.842 bits per heavy atom. The number of aromatic nitrogens is 1. The van der Waals surface area contributed by atoms with Crippen LogP contribution in [-0.2, 0) is 6.54 Å². The van der Waals surface area contributed by atoms with Crippen molar-refractivity contribution in [3.8, 4) is 22.6 Å². The monoisotopic (exact) mass is 535 g/mol. The molecule has 6 aromatic rings. The Bertz CT molecular complexity index is 1810. The van der Waals surface area contributed by atoms with E-state index in [4.69, 9.17) is 33.7 Å². The minimum absolute atomic E-state index is 0.464. The molecule has 1 amide bonds. The van der Waals surface area contributed by atoms with E-state index in [1.165, 1.54) is 0 Å². The summed E-state index contributed by atoms with van der Waals surface area (Å²) < 4.78 is 8.12. The molecule has 0 aliphatic rings. The number of fused-ring (bicyclic) bond motifs is 3. The van der Waals surface area contributed by atoms with Gasteiger partial charge in [-0.2, -0.15) is 0 Å². The molecule has 6 heteroatoms. The van der Waals surface area contributed by atoms with Gasteiger partial charge < -0.3 is 15.0 Å². The number of nitrogens with two attached hydrogens (primary N) is 1. The molecule has 1 radical (unpaired) electrons. The van der Waals surface area contributed by atoms with Gasteiger partial charge in [-0.1, -0.05) is 65.7 Å². The van der Waals surface area contributed by atoms with Gasteiger partial charge in [0.05, 0.1) is 11.0 Å². The summed E-state index contributed by atoms with van der Waals surface area (Å²) >= 11 is 12.6. The summed E-state index contributed by atoms with van der Waals surface area (Å²) in [5, 5.41) is 2.74. The molecule has 1 aromatic heterocycles. The maximum Gasteiger partial charge on any atom is 0.249 e. The third kappa shape index (κ3) is 4.49. The predicted octanol–water partition coefficient (Wildman–Crippen LogP) is 8.51. The van der Waals surface area contributed by atoms with Crippen LogP contribution in [0.25, 0.3) is 32.9 Å². The number of carbonyl (C=O) groups is 1. The van der Waals surface area contributed by atoms with Gasteiger partial charge in [0.25, 0.3) is 0 Å². The Labute approximate surface area is 229 Å². The van der Waals surface area contributed by atoms with E-state index in [0.717, 1.165) is 50.0 Å². The summed E-state index contributed by atoms with van der Waals surface area (Å²) in [5.74, 6) is 1.06. The zero-order valence-corrected chi connectivity index (χ0v) is 21.6. The van der Waals surface area contributed by atoms with E-state index in [-0.39, 0.29) is 0 Å². The molecule has 0 saturated carbocycles. The van der Waals surface area contributed by atoms with Crippen molar-refractivity contribution in [3.63, 3.8) is 0 Å². The van der Waals surface area contributed by atoms with Crippen molar-refractivity contribution in [2.75, 3.05) is 0 Å². The summed E-state index contributed by atoms with van der Waals surface area (Å²) in [7, 11) is 0. The molecule has 2 N–H and O–H groups in total. The van der Waals surface area contributed by atoms with Crippen LogP contribution < -0.4 is 10.5 Å². The second-order valence-corrected chi connectivity index (χ2v) is 9.83. The molecule has 0 aliphatic heterocycles. The molecule has 5 aromatic carbocycles. The van der Waals surface area contributed by atoms with Gasteiger partial charge in [0.15, 0.2) is 0 Å². The maximum atomic E-state index is 12.3. The molecule has 38 heavy (non-hydrogen) atoms. The number of para-hydroxylation sites is 1. The molecule has 0 bridgehead atoms. The number of carbonyl (C=O) groups excluding carboxylic acids is 1. The molecule has 1 heterocycles. The van der Waals surface area contributed by atoms with Crippen LogP contribution in [0.1, 0.15) is 15.9 Å². The van der Waals surface area contributed by atoms with E-state index in [9.17, 15) is 4.79 Å². The van der Waals surface area contributed by atoms with E-state index < -0.39 is 5.91 Å². The first kappa shape index (κ1) is 24.1. The van der Waals surface area contributed by atoms with Crippen LogP contribution in [0.4, 0.5) is 0 Å². The zero-order chi connectivity index (χ0) is 26.2. The fourth-order valence-corrected chi connectivity index (χ4v) is 5.30. The molecule has 4 nitrogen and oxygen atoms in total. The fourth-order valence-electron chi connectivity index (χ4n) is 4.78. The second kappa shape index (κ2) is 9.90. The maximum absolute atomic E-state index is 12.3. The average Bonchev–Trinajstić information content (AvgIpc) is 3.23. The van der Waals surface area contributed by atoms with Gasteiger partial charge in [0.1, 0.15) is 11.5 Å². The van der Waals surface area contributed by atoms with Crippen LogP contribution >= 0.6 is 23.2 Å². The fraction of sp³-hybridized carbons (Fsp3) is 0.0312. The first-order chi connectivity index (χ1) is 18.5. The lowest BCUT2D eigenvalue weighted by Crippen LogP contribution is -2.11. The molecular weight excluding hydrogens is 515 g/mol. The molecule has 6 rings (SSSR count). The number of ether oxygens (including phenoxy) is 1. The highest BCUT2D eigenvalue weighted by Gasteiger charge is 2.18. The van der Waals surface area contributed by atoms with Gasteiger partial charge in [-0.15, -0.1) is 0 Å². The van der Waals surface area contributed by atoms with Crippen molar-refractivity contribution in [3.05, 3.63) is 130 Å². The van der Waals surface area contributed by atoms with Crippen LogP contribution in [-0.4, -0.2) is 10.5 Å². The number of amides is 1. The van der Waals surface area contributed by atoms with E-state index >= 15 is 0 Å². The Hall–Kier alpha value is -4.25. The Kier molecular flexibility index (Phi) is 6.28. The highest BCUT2D eigenvalue weighted by molar-refractivity contribution is 6.36. The van der Waals surface area contributed by atoms with Crippen molar-refractivity contribution in [2.45, 2.75) is 6.54 Å². The molecule has 185 valence electrons. The number of hydrogen-bond acceptors (Lipinski definition) is 2. The Morgan fingerprint density at radius 3 is 2.34 bits per heavy atom. The first-order valence-electron chi connectivity index (χ1n) is 12.0. The molecule has 0 atom stereocenters. The topological polar surface area (TPSA) is 57.2 Å². The van der Waals surface area contributed by atoms with Crippen LogP contribution in [0.15, 0.2) is 103 Å². The van der Waals surface area contributed by atoms with E-state index in [2.05, 4.69) is 16.7 Å². The van der Waals surface area contributed by atoms with Gasteiger partial charge in [0, 0.05) is 38.5 Å².